The number of esters is 1. The van der Waals surface area contributed by atoms with Gasteiger partial charge >= 0.3 is 5.97 Å². The number of hydrogen-bond acceptors (Lipinski definition) is 4. The molecule has 0 radical (unpaired) electrons. The molecule has 138 valence electrons. The van der Waals surface area contributed by atoms with Crippen molar-refractivity contribution in [2.75, 3.05) is 0 Å². The van der Waals surface area contributed by atoms with E-state index in [9.17, 15) is 4.79 Å². The smallest absolute Gasteiger partial charge is 0.378 e. The van der Waals surface area contributed by atoms with E-state index in [0.29, 0.717) is 5.82 Å². The van der Waals surface area contributed by atoms with E-state index < -0.39 is 5.97 Å². The number of ether oxygens (including phenoxy) is 1. The zero-order valence-corrected chi connectivity index (χ0v) is 16.4. The molecule has 28 heavy (non-hydrogen) atoms. The number of para-hydroxylation sites is 1. The Morgan fingerprint density at radius 3 is 2.21 bits per heavy atom. The molecule has 0 fully saturated rings. The first-order valence-electron chi connectivity index (χ1n) is 8.70. The van der Waals surface area contributed by atoms with Gasteiger partial charge in [-0.3, -0.25) is 0 Å². The van der Waals surface area contributed by atoms with E-state index in [1.165, 1.54) is 0 Å². The summed E-state index contributed by atoms with van der Waals surface area (Å²) >= 11 is 3.39. The van der Waals surface area contributed by atoms with Crippen molar-refractivity contribution in [1.29, 1.82) is 0 Å². The number of carbonyl (C=O) groups is 1. The number of halogens is 1. The topological polar surface area (TPSA) is 57.0 Å². The van der Waals surface area contributed by atoms with Crippen LogP contribution in [-0.4, -0.2) is 20.7 Å². The summed E-state index contributed by atoms with van der Waals surface area (Å²) in [5, 5.41) is 4.41. The fourth-order valence-corrected chi connectivity index (χ4v) is 2.98. The van der Waals surface area contributed by atoms with Crippen molar-refractivity contribution in [2.24, 2.45) is 0 Å². The maximum Gasteiger partial charge on any atom is 0.378 e. The number of nitrogens with zero attached hydrogens (tertiary/aromatic N) is 3. The van der Waals surface area contributed by atoms with Crippen LogP contribution in [0.15, 0.2) is 89.4 Å². The molecule has 1 heterocycles. The Bertz CT molecular complexity index is 1020. The fourth-order valence-electron chi connectivity index (χ4n) is 2.72. The molecule has 4 rings (SSSR count). The highest BCUT2D eigenvalue weighted by Gasteiger charge is 2.19. The number of aromatic nitrogens is 3. The summed E-state index contributed by atoms with van der Waals surface area (Å²) in [5.41, 5.74) is 2.58. The molecule has 0 atom stereocenters. The number of benzene rings is 3. The van der Waals surface area contributed by atoms with Gasteiger partial charge in [-0.05, 0) is 29.8 Å². The first-order chi connectivity index (χ1) is 13.7. The Kier molecular flexibility index (Phi) is 5.30. The minimum absolute atomic E-state index is 0.0276. The zero-order chi connectivity index (χ0) is 19.3. The van der Waals surface area contributed by atoms with Gasteiger partial charge in [-0.25, -0.2) is 14.5 Å². The zero-order valence-electron chi connectivity index (χ0n) is 14.8. The van der Waals surface area contributed by atoms with E-state index in [1.54, 1.807) is 4.68 Å². The standard InChI is InChI=1S/C22H16BrN3O2/c23-18-13-11-16(12-14-18)15-28-22(27)20-24-21(17-7-3-1-4-8-17)26(25-20)19-9-5-2-6-10-19/h1-14H,15H2. The fraction of sp³-hybridized carbons (Fsp3) is 0.0455. The van der Waals surface area contributed by atoms with Crippen molar-refractivity contribution < 1.29 is 9.53 Å². The lowest BCUT2D eigenvalue weighted by molar-refractivity contribution is 0.0458. The minimum Gasteiger partial charge on any atom is -0.455 e. The van der Waals surface area contributed by atoms with Gasteiger partial charge in [0.2, 0.25) is 0 Å². The first-order valence-corrected chi connectivity index (χ1v) is 9.49. The van der Waals surface area contributed by atoms with E-state index in [-0.39, 0.29) is 12.4 Å². The quantitative estimate of drug-likeness (QED) is 0.413. The Morgan fingerprint density at radius 2 is 1.54 bits per heavy atom. The van der Waals surface area contributed by atoms with Crippen molar-refractivity contribution in [2.45, 2.75) is 6.61 Å². The molecule has 0 unspecified atom stereocenters. The van der Waals surface area contributed by atoms with Crippen LogP contribution in [0.5, 0.6) is 0 Å². The third kappa shape index (κ3) is 4.02. The predicted molar refractivity (Wildman–Crippen MR) is 110 cm³/mol. The molecular weight excluding hydrogens is 418 g/mol. The normalized spacial score (nSPS) is 10.6. The molecule has 0 aliphatic rings. The highest BCUT2D eigenvalue weighted by Crippen LogP contribution is 2.21. The molecule has 0 N–H and O–H groups in total. The van der Waals surface area contributed by atoms with Gasteiger partial charge in [0.25, 0.3) is 5.82 Å². The molecule has 0 saturated heterocycles. The number of rotatable bonds is 5. The lowest BCUT2D eigenvalue weighted by Gasteiger charge is -2.05. The van der Waals surface area contributed by atoms with Gasteiger partial charge in [-0.2, -0.15) is 0 Å². The molecule has 4 aromatic rings. The summed E-state index contributed by atoms with van der Waals surface area (Å²) < 4.78 is 8.03. The third-order valence-corrected chi connectivity index (χ3v) is 4.63. The summed E-state index contributed by atoms with van der Waals surface area (Å²) in [7, 11) is 0. The van der Waals surface area contributed by atoms with Gasteiger partial charge in [0.1, 0.15) is 6.61 Å². The molecule has 0 saturated carbocycles. The summed E-state index contributed by atoms with van der Waals surface area (Å²) in [6.45, 7) is 0.159. The molecule has 3 aromatic carbocycles. The summed E-state index contributed by atoms with van der Waals surface area (Å²) in [6, 6.07) is 26.8. The van der Waals surface area contributed by atoms with E-state index in [4.69, 9.17) is 4.74 Å². The van der Waals surface area contributed by atoms with E-state index in [1.807, 2.05) is 84.9 Å². The van der Waals surface area contributed by atoms with E-state index in [0.717, 1.165) is 21.3 Å². The van der Waals surface area contributed by atoms with Crippen LogP contribution in [0, 0.1) is 0 Å². The Labute approximate surface area is 170 Å². The van der Waals surface area contributed by atoms with Crippen LogP contribution in [0.1, 0.15) is 16.2 Å². The average Bonchev–Trinajstić information content (AvgIpc) is 3.20. The van der Waals surface area contributed by atoms with Gasteiger partial charge in [0, 0.05) is 10.0 Å². The highest BCUT2D eigenvalue weighted by atomic mass is 79.9. The maximum absolute atomic E-state index is 12.5. The van der Waals surface area contributed by atoms with E-state index in [2.05, 4.69) is 26.0 Å². The Balaban J connectivity index is 1.63. The molecule has 0 amide bonds. The van der Waals surface area contributed by atoms with Crippen molar-refractivity contribution in [3.8, 4) is 17.1 Å². The largest absolute Gasteiger partial charge is 0.455 e. The van der Waals surface area contributed by atoms with Gasteiger partial charge in [-0.1, -0.05) is 76.6 Å². The molecule has 0 aliphatic heterocycles. The summed E-state index contributed by atoms with van der Waals surface area (Å²) in [6.07, 6.45) is 0. The molecular formula is C22H16BrN3O2. The molecule has 0 aliphatic carbocycles. The minimum atomic E-state index is -0.560. The van der Waals surface area contributed by atoms with Crippen molar-refractivity contribution >= 4 is 21.9 Å². The van der Waals surface area contributed by atoms with Crippen LogP contribution in [-0.2, 0) is 11.3 Å². The van der Waals surface area contributed by atoms with Crippen LogP contribution in [0.2, 0.25) is 0 Å². The number of carbonyl (C=O) groups excluding carboxylic acids is 1. The van der Waals surface area contributed by atoms with Gasteiger partial charge in [0.15, 0.2) is 5.82 Å². The monoisotopic (exact) mass is 433 g/mol. The van der Waals surface area contributed by atoms with Crippen LogP contribution in [0.3, 0.4) is 0 Å². The summed E-state index contributed by atoms with van der Waals surface area (Å²) in [4.78, 5) is 17.0. The lowest BCUT2D eigenvalue weighted by atomic mass is 10.2. The van der Waals surface area contributed by atoms with Crippen LogP contribution in [0.4, 0.5) is 0 Å². The highest BCUT2D eigenvalue weighted by molar-refractivity contribution is 9.10. The SMILES string of the molecule is O=C(OCc1ccc(Br)cc1)c1nc(-c2ccccc2)n(-c2ccccc2)n1. The second kappa shape index (κ2) is 8.19. The summed E-state index contributed by atoms with van der Waals surface area (Å²) in [5.74, 6) is 0.0528. The second-order valence-corrected chi connectivity index (χ2v) is 6.99. The van der Waals surface area contributed by atoms with Gasteiger partial charge in [-0.15, -0.1) is 5.10 Å². The second-order valence-electron chi connectivity index (χ2n) is 6.07. The Hall–Kier alpha value is -3.25. The Morgan fingerprint density at radius 1 is 0.893 bits per heavy atom. The van der Waals surface area contributed by atoms with Crippen LogP contribution in [0.25, 0.3) is 17.1 Å². The maximum atomic E-state index is 12.5. The van der Waals surface area contributed by atoms with Crippen molar-refractivity contribution in [3.63, 3.8) is 0 Å². The van der Waals surface area contributed by atoms with E-state index >= 15 is 0 Å². The number of hydrogen-bond donors (Lipinski definition) is 0. The molecule has 5 nitrogen and oxygen atoms in total. The van der Waals surface area contributed by atoms with Crippen LogP contribution < -0.4 is 0 Å². The first kappa shape index (κ1) is 18.1. The van der Waals surface area contributed by atoms with Crippen molar-refractivity contribution in [3.05, 3.63) is 101 Å². The van der Waals surface area contributed by atoms with Crippen molar-refractivity contribution in [1.82, 2.24) is 14.8 Å². The van der Waals surface area contributed by atoms with Gasteiger partial charge < -0.3 is 4.74 Å². The van der Waals surface area contributed by atoms with Crippen LogP contribution >= 0.6 is 15.9 Å². The average molecular weight is 434 g/mol. The third-order valence-electron chi connectivity index (χ3n) is 4.11. The molecule has 6 heteroatoms. The lowest BCUT2D eigenvalue weighted by Crippen LogP contribution is -2.08. The van der Waals surface area contributed by atoms with Gasteiger partial charge in [0.05, 0.1) is 5.69 Å². The molecule has 1 aromatic heterocycles. The molecule has 0 spiro atoms. The molecule has 0 bridgehead atoms. The predicted octanol–water partition coefficient (Wildman–Crippen LogP) is 5.05.